The molecule has 1 aliphatic heterocycles. The molecule has 1 unspecified atom stereocenters. The maximum atomic E-state index is 12.2. The molecule has 0 saturated carbocycles. The highest BCUT2D eigenvalue weighted by Gasteiger charge is 2.27. The van der Waals surface area contributed by atoms with E-state index in [2.05, 4.69) is 21.0 Å². The van der Waals surface area contributed by atoms with E-state index in [0.29, 0.717) is 11.6 Å². The Labute approximate surface area is 104 Å². The summed E-state index contributed by atoms with van der Waals surface area (Å²) in [5.74, 6) is 0.109. The van der Waals surface area contributed by atoms with Crippen LogP contribution in [0.25, 0.3) is 0 Å². The van der Waals surface area contributed by atoms with Gasteiger partial charge in [0.1, 0.15) is 0 Å². The lowest BCUT2D eigenvalue weighted by Crippen LogP contribution is -2.44. The first-order chi connectivity index (χ1) is 7.72. The van der Waals surface area contributed by atoms with Crippen molar-refractivity contribution >= 4 is 21.8 Å². The quantitative estimate of drug-likeness (QED) is 0.778. The van der Waals surface area contributed by atoms with Crippen LogP contribution in [0.15, 0.2) is 12.4 Å². The Morgan fingerprint density at radius 1 is 1.62 bits per heavy atom. The van der Waals surface area contributed by atoms with Crippen LogP contribution >= 0.6 is 15.9 Å². The second-order valence-electron chi connectivity index (χ2n) is 4.21. The number of likely N-dealkylation sites (tertiary alicyclic amines) is 1. The van der Waals surface area contributed by atoms with E-state index in [4.69, 9.17) is 0 Å². The van der Waals surface area contributed by atoms with Crippen LogP contribution in [-0.4, -0.2) is 38.5 Å². The highest BCUT2D eigenvalue weighted by Crippen LogP contribution is 2.20. The summed E-state index contributed by atoms with van der Waals surface area (Å²) in [4.78, 5) is 14.2. The molecule has 1 aromatic heterocycles. The molecule has 1 fully saturated rings. The third-order valence-electron chi connectivity index (χ3n) is 3.02. The number of alkyl halides is 1. The second-order valence-corrected chi connectivity index (χ2v) is 4.85. The monoisotopic (exact) mass is 285 g/mol. The van der Waals surface area contributed by atoms with Gasteiger partial charge in [-0.15, -0.1) is 0 Å². The number of carbonyl (C=O) groups excluding carboxylic acids is 1. The molecule has 1 aromatic rings. The second kappa shape index (κ2) is 4.99. The lowest BCUT2D eigenvalue weighted by Gasteiger charge is -2.34. The van der Waals surface area contributed by atoms with E-state index < -0.39 is 0 Å². The Morgan fingerprint density at radius 3 is 3.06 bits per heavy atom. The van der Waals surface area contributed by atoms with Crippen molar-refractivity contribution in [3.63, 3.8) is 0 Å². The van der Waals surface area contributed by atoms with Crippen molar-refractivity contribution in [3.8, 4) is 0 Å². The Balaban J connectivity index is 2.13. The average Bonchev–Trinajstić information content (AvgIpc) is 2.75. The van der Waals surface area contributed by atoms with Crippen molar-refractivity contribution in [2.45, 2.75) is 25.3 Å². The molecule has 0 bridgehead atoms. The summed E-state index contributed by atoms with van der Waals surface area (Å²) in [5.41, 5.74) is 0.690. The van der Waals surface area contributed by atoms with Crippen LogP contribution in [0.1, 0.15) is 29.6 Å². The van der Waals surface area contributed by atoms with Gasteiger partial charge in [-0.1, -0.05) is 15.9 Å². The maximum Gasteiger partial charge on any atom is 0.257 e. The first-order valence-corrected chi connectivity index (χ1v) is 6.70. The van der Waals surface area contributed by atoms with Crippen molar-refractivity contribution in [1.29, 1.82) is 0 Å². The number of hydrogen-bond acceptors (Lipinski definition) is 2. The number of carbonyl (C=O) groups is 1. The Kier molecular flexibility index (Phi) is 3.63. The molecule has 1 aliphatic rings. The zero-order valence-corrected chi connectivity index (χ0v) is 11.0. The highest BCUT2D eigenvalue weighted by atomic mass is 79.9. The van der Waals surface area contributed by atoms with Gasteiger partial charge in [-0.25, -0.2) is 0 Å². The number of aromatic nitrogens is 2. The molecule has 1 saturated heterocycles. The average molecular weight is 286 g/mol. The van der Waals surface area contributed by atoms with Gasteiger partial charge in [0.2, 0.25) is 0 Å². The molecule has 1 atom stereocenters. The maximum absolute atomic E-state index is 12.2. The van der Waals surface area contributed by atoms with Crippen molar-refractivity contribution in [1.82, 2.24) is 14.7 Å². The Hall–Kier alpha value is -0.840. The Morgan fingerprint density at radius 2 is 2.44 bits per heavy atom. The largest absolute Gasteiger partial charge is 0.335 e. The summed E-state index contributed by atoms with van der Waals surface area (Å²) in [6.45, 7) is 0.865. The molecular formula is C11H16BrN3O. The van der Waals surface area contributed by atoms with Crippen LogP contribution in [0, 0.1) is 0 Å². The number of rotatable bonds is 2. The van der Waals surface area contributed by atoms with Gasteiger partial charge in [0, 0.05) is 31.2 Å². The molecule has 2 heterocycles. The molecule has 0 N–H and O–H groups in total. The molecule has 0 aromatic carbocycles. The molecule has 0 radical (unpaired) electrons. The predicted molar refractivity (Wildman–Crippen MR) is 65.7 cm³/mol. The van der Waals surface area contributed by atoms with Gasteiger partial charge in [-0.3, -0.25) is 9.48 Å². The summed E-state index contributed by atoms with van der Waals surface area (Å²) in [7, 11) is 1.83. The molecular weight excluding hydrogens is 270 g/mol. The minimum atomic E-state index is 0.109. The summed E-state index contributed by atoms with van der Waals surface area (Å²) in [5, 5.41) is 4.90. The van der Waals surface area contributed by atoms with Gasteiger partial charge in [0.05, 0.1) is 11.8 Å². The molecule has 88 valence electrons. The smallest absolute Gasteiger partial charge is 0.257 e. The Bertz CT molecular complexity index is 377. The third kappa shape index (κ3) is 2.29. The van der Waals surface area contributed by atoms with Gasteiger partial charge >= 0.3 is 0 Å². The number of aryl methyl sites for hydroxylation is 1. The van der Waals surface area contributed by atoms with Gasteiger partial charge in [0.25, 0.3) is 5.91 Å². The van der Waals surface area contributed by atoms with E-state index in [1.807, 2.05) is 11.9 Å². The number of halogens is 1. The molecule has 16 heavy (non-hydrogen) atoms. The third-order valence-corrected chi connectivity index (χ3v) is 3.77. The van der Waals surface area contributed by atoms with Crippen molar-refractivity contribution in [3.05, 3.63) is 18.0 Å². The zero-order valence-electron chi connectivity index (χ0n) is 9.40. The van der Waals surface area contributed by atoms with Crippen LogP contribution < -0.4 is 0 Å². The fraction of sp³-hybridized carbons (Fsp3) is 0.636. The minimum Gasteiger partial charge on any atom is -0.335 e. The number of piperidine rings is 1. The summed E-state index contributed by atoms with van der Waals surface area (Å²) in [6, 6.07) is 0.335. The normalized spacial score (nSPS) is 21.1. The number of amides is 1. The fourth-order valence-electron chi connectivity index (χ4n) is 2.13. The van der Waals surface area contributed by atoms with E-state index in [-0.39, 0.29) is 5.91 Å². The standard InChI is InChI=1S/C11H16BrN3O/c1-14-8-9(7-13-14)11(16)15-5-3-2-4-10(15)6-12/h7-8,10H,2-6H2,1H3. The number of nitrogens with zero attached hydrogens (tertiary/aromatic N) is 3. The van der Waals surface area contributed by atoms with Crippen molar-refractivity contribution in [2.75, 3.05) is 11.9 Å². The van der Waals surface area contributed by atoms with Gasteiger partial charge in [0.15, 0.2) is 0 Å². The first kappa shape index (κ1) is 11.6. The first-order valence-electron chi connectivity index (χ1n) is 5.58. The van der Waals surface area contributed by atoms with Gasteiger partial charge < -0.3 is 4.90 Å². The highest BCUT2D eigenvalue weighted by molar-refractivity contribution is 9.09. The van der Waals surface area contributed by atoms with E-state index in [1.54, 1.807) is 17.1 Å². The SMILES string of the molecule is Cn1cc(C(=O)N2CCCCC2CBr)cn1. The molecule has 5 heteroatoms. The van der Waals surface area contributed by atoms with Crippen LogP contribution in [-0.2, 0) is 7.05 Å². The van der Waals surface area contributed by atoms with Crippen LogP contribution in [0.4, 0.5) is 0 Å². The summed E-state index contributed by atoms with van der Waals surface area (Å²) >= 11 is 3.48. The van der Waals surface area contributed by atoms with Crippen molar-refractivity contribution in [2.24, 2.45) is 7.05 Å². The van der Waals surface area contributed by atoms with E-state index in [0.717, 1.165) is 24.7 Å². The van der Waals surface area contributed by atoms with Crippen molar-refractivity contribution < 1.29 is 4.79 Å². The molecule has 2 rings (SSSR count). The molecule has 0 spiro atoms. The summed E-state index contributed by atoms with van der Waals surface area (Å²) < 4.78 is 1.67. The molecule has 4 nitrogen and oxygen atoms in total. The zero-order chi connectivity index (χ0) is 11.5. The summed E-state index contributed by atoms with van der Waals surface area (Å²) in [6.07, 6.45) is 6.84. The van der Waals surface area contributed by atoms with E-state index >= 15 is 0 Å². The van der Waals surface area contributed by atoms with Gasteiger partial charge in [-0.2, -0.15) is 5.10 Å². The number of hydrogen-bond donors (Lipinski definition) is 0. The lowest BCUT2D eigenvalue weighted by molar-refractivity contribution is 0.0642. The minimum absolute atomic E-state index is 0.109. The van der Waals surface area contributed by atoms with Crippen LogP contribution in [0.3, 0.4) is 0 Å². The molecule has 0 aliphatic carbocycles. The van der Waals surface area contributed by atoms with E-state index in [9.17, 15) is 4.79 Å². The van der Waals surface area contributed by atoms with Gasteiger partial charge in [-0.05, 0) is 19.3 Å². The topological polar surface area (TPSA) is 38.1 Å². The predicted octanol–water partition coefficient (Wildman–Crippen LogP) is 1.81. The van der Waals surface area contributed by atoms with E-state index in [1.165, 1.54) is 6.42 Å². The lowest BCUT2D eigenvalue weighted by atomic mass is 10.0. The van der Waals surface area contributed by atoms with Crippen LogP contribution in [0.2, 0.25) is 0 Å². The fourth-order valence-corrected chi connectivity index (χ4v) is 2.80. The van der Waals surface area contributed by atoms with Crippen LogP contribution in [0.5, 0.6) is 0 Å². The molecule has 1 amide bonds.